The van der Waals surface area contributed by atoms with Crippen LogP contribution >= 0.6 is 23.2 Å². The van der Waals surface area contributed by atoms with Gasteiger partial charge in [0.25, 0.3) is 5.56 Å². The van der Waals surface area contributed by atoms with Crippen LogP contribution in [0.3, 0.4) is 0 Å². The third-order valence-electron chi connectivity index (χ3n) is 5.54. The third kappa shape index (κ3) is 5.23. The van der Waals surface area contributed by atoms with E-state index in [-0.39, 0.29) is 39.2 Å². The lowest BCUT2D eigenvalue weighted by molar-refractivity contribution is -0.134. The fourth-order valence-electron chi connectivity index (χ4n) is 3.82. The molecule has 35 heavy (non-hydrogen) atoms. The van der Waals surface area contributed by atoms with Crippen LogP contribution < -0.4 is 15.0 Å². The molecule has 0 saturated heterocycles. The molecule has 4 rings (SSSR count). The molecule has 184 valence electrons. The van der Waals surface area contributed by atoms with E-state index in [9.17, 15) is 14.0 Å². The molecule has 1 aliphatic heterocycles. The number of para-hydroxylation sites is 2. The first-order valence-electron chi connectivity index (χ1n) is 10.9. The first kappa shape index (κ1) is 24.9. The quantitative estimate of drug-likeness (QED) is 0.288. The Balaban J connectivity index is 1.66. The van der Waals surface area contributed by atoms with Crippen LogP contribution in [0.25, 0.3) is 11.1 Å². The van der Waals surface area contributed by atoms with E-state index in [1.54, 1.807) is 35.9 Å². The number of fused-ring (bicyclic) bond motifs is 1. The summed E-state index contributed by atoms with van der Waals surface area (Å²) in [6, 6.07) is 9.30. The van der Waals surface area contributed by atoms with E-state index in [0.29, 0.717) is 30.2 Å². The zero-order valence-electron chi connectivity index (χ0n) is 19.1. The zero-order valence-corrected chi connectivity index (χ0v) is 20.7. The van der Waals surface area contributed by atoms with Crippen molar-refractivity contribution in [2.75, 3.05) is 13.7 Å². The molecule has 3 aromatic rings. The Hall–Kier alpha value is -3.23. The van der Waals surface area contributed by atoms with E-state index >= 15 is 0 Å². The average Bonchev–Trinajstić information content (AvgIpc) is 3.10. The Morgan fingerprint density at radius 2 is 1.77 bits per heavy atom. The van der Waals surface area contributed by atoms with Gasteiger partial charge in [0.1, 0.15) is 23.3 Å². The molecule has 0 unspecified atom stereocenters. The lowest BCUT2D eigenvalue weighted by Gasteiger charge is -2.17. The minimum absolute atomic E-state index is 0.00375. The molecule has 0 amide bonds. The molecule has 7 nitrogen and oxygen atoms in total. The standard InChI is InChI=1S/C25H23Cl2FN2O5/c1-15(11-22(31)33-2)14-34-19-7-3-4-8-20(19)35-21-12-16(18(28)13-17(21)26)23-24(27)29-9-5-6-10-30(29)25(23)32/h3-4,7-8,11-13H,5-6,9-10,14H2,1-2H3/b15-11-. The molecule has 0 bridgehead atoms. The summed E-state index contributed by atoms with van der Waals surface area (Å²) < 4.78 is 34.6. The molecule has 10 heteroatoms. The van der Waals surface area contributed by atoms with Crippen molar-refractivity contribution in [1.82, 2.24) is 9.36 Å². The van der Waals surface area contributed by atoms with Crippen LogP contribution in [-0.4, -0.2) is 29.0 Å². The van der Waals surface area contributed by atoms with Crippen molar-refractivity contribution in [3.8, 4) is 28.4 Å². The highest BCUT2D eigenvalue weighted by Crippen LogP contribution is 2.40. The summed E-state index contributed by atoms with van der Waals surface area (Å²) in [4.78, 5) is 24.4. The highest BCUT2D eigenvalue weighted by Gasteiger charge is 2.25. The Labute approximate surface area is 211 Å². The van der Waals surface area contributed by atoms with Gasteiger partial charge in [-0.1, -0.05) is 35.3 Å². The fraction of sp³-hybridized carbons (Fsp3) is 0.280. The van der Waals surface area contributed by atoms with Crippen LogP contribution in [0.1, 0.15) is 19.8 Å². The lowest BCUT2D eigenvalue weighted by atomic mass is 10.1. The molecule has 0 aliphatic carbocycles. The van der Waals surface area contributed by atoms with Crippen LogP contribution in [0.5, 0.6) is 17.2 Å². The topological polar surface area (TPSA) is 71.7 Å². The number of hydrogen-bond donors (Lipinski definition) is 0. The van der Waals surface area contributed by atoms with Gasteiger partial charge in [0.2, 0.25) is 0 Å². The van der Waals surface area contributed by atoms with Crippen LogP contribution in [0.15, 0.2) is 52.8 Å². The minimum Gasteiger partial charge on any atom is -0.485 e. The molecule has 2 aromatic carbocycles. The number of rotatable bonds is 7. The van der Waals surface area contributed by atoms with Crippen molar-refractivity contribution in [1.29, 1.82) is 0 Å². The summed E-state index contributed by atoms with van der Waals surface area (Å²) in [6.45, 7) is 2.94. The largest absolute Gasteiger partial charge is 0.485 e. The number of carbonyl (C=O) groups excluding carboxylic acids is 1. The molecular formula is C25H23Cl2FN2O5. The minimum atomic E-state index is -0.682. The van der Waals surface area contributed by atoms with Crippen molar-refractivity contribution in [3.05, 3.63) is 74.4 Å². The van der Waals surface area contributed by atoms with Gasteiger partial charge in [0.05, 0.1) is 17.7 Å². The van der Waals surface area contributed by atoms with E-state index in [4.69, 9.17) is 32.7 Å². The van der Waals surface area contributed by atoms with Gasteiger partial charge in [-0.25, -0.2) is 13.9 Å². The molecule has 0 fully saturated rings. The monoisotopic (exact) mass is 520 g/mol. The van der Waals surface area contributed by atoms with Gasteiger partial charge in [0, 0.05) is 24.7 Å². The third-order valence-corrected chi connectivity index (χ3v) is 6.22. The number of hydrogen-bond acceptors (Lipinski definition) is 5. The number of methoxy groups -OCH3 is 1. The molecule has 1 aliphatic rings. The number of aromatic nitrogens is 2. The van der Waals surface area contributed by atoms with Crippen molar-refractivity contribution >= 4 is 29.2 Å². The molecule has 0 spiro atoms. The second kappa shape index (κ2) is 10.6. The maximum atomic E-state index is 15.0. The molecular weight excluding hydrogens is 498 g/mol. The molecule has 0 atom stereocenters. The van der Waals surface area contributed by atoms with Gasteiger partial charge in [-0.15, -0.1) is 0 Å². The highest BCUT2D eigenvalue weighted by atomic mass is 35.5. The van der Waals surface area contributed by atoms with Crippen LogP contribution in [0.4, 0.5) is 4.39 Å². The predicted molar refractivity (Wildman–Crippen MR) is 131 cm³/mol. The normalized spacial score (nSPS) is 13.3. The molecule has 0 radical (unpaired) electrons. The first-order chi connectivity index (χ1) is 16.8. The molecule has 0 N–H and O–H groups in total. The second-order valence-electron chi connectivity index (χ2n) is 8.04. The van der Waals surface area contributed by atoms with E-state index in [2.05, 4.69) is 4.74 Å². The summed E-state index contributed by atoms with van der Waals surface area (Å²) in [6.07, 6.45) is 3.06. The van der Waals surface area contributed by atoms with Gasteiger partial charge in [-0.2, -0.15) is 0 Å². The van der Waals surface area contributed by atoms with Gasteiger partial charge in [-0.05, 0) is 49.6 Å². The van der Waals surface area contributed by atoms with Crippen molar-refractivity contribution in [2.45, 2.75) is 32.9 Å². The fourth-order valence-corrected chi connectivity index (χ4v) is 4.36. The molecule has 1 aromatic heterocycles. The van der Waals surface area contributed by atoms with Gasteiger partial charge in [0.15, 0.2) is 11.5 Å². The van der Waals surface area contributed by atoms with E-state index in [0.717, 1.165) is 18.9 Å². The SMILES string of the molecule is COC(=O)/C=C(/C)COc1ccccc1Oc1cc(-c2c(Cl)n3n(c2=O)CCCC3)c(F)cc1Cl. The number of nitrogens with zero attached hydrogens (tertiary/aromatic N) is 2. The summed E-state index contributed by atoms with van der Waals surface area (Å²) in [5.74, 6) is -0.340. The Bertz CT molecular complexity index is 1360. The Morgan fingerprint density at radius 3 is 2.46 bits per heavy atom. The zero-order chi connectivity index (χ0) is 25.1. The molecule has 2 heterocycles. The highest BCUT2D eigenvalue weighted by molar-refractivity contribution is 6.33. The van der Waals surface area contributed by atoms with Crippen molar-refractivity contribution in [3.63, 3.8) is 0 Å². The number of esters is 1. The number of halogens is 3. The second-order valence-corrected chi connectivity index (χ2v) is 8.80. The van der Waals surface area contributed by atoms with Gasteiger partial charge < -0.3 is 14.2 Å². The average molecular weight is 521 g/mol. The first-order valence-corrected chi connectivity index (χ1v) is 11.7. The number of carbonyl (C=O) groups is 1. The lowest BCUT2D eigenvalue weighted by Crippen LogP contribution is -2.27. The van der Waals surface area contributed by atoms with Gasteiger partial charge >= 0.3 is 5.97 Å². The maximum Gasteiger partial charge on any atom is 0.330 e. The predicted octanol–water partition coefficient (Wildman–Crippen LogP) is 5.85. The number of ether oxygens (including phenoxy) is 3. The maximum absolute atomic E-state index is 15.0. The smallest absolute Gasteiger partial charge is 0.330 e. The summed E-state index contributed by atoms with van der Waals surface area (Å²) in [7, 11) is 1.29. The Morgan fingerprint density at radius 1 is 1.09 bits per heavy atom. The van der Waals surface area contributed by atoms with Crippen LogP contribution in [-0.2, 0) is 22.6 Å². The molecule has 0 saturated carbocycles. The van der Waals surface area contributed by atoms with Crippen molar-refractivity contribution in [2.24, 2.45) is 0 Å². The van der Waals surface area contributed by atoms with E-state index in [1.165, 1.54) is 23.9 Å². The van der Waals surface area contributed by atoms with Crippen LogP contribution in [0.2, 0.25) is 10.2 Å². The Kier molecular flexibility index (Phi) is 7.52. The van der Waals surface area contributed by atoms with E-state index in [1.807, 2.05) is 0 Å². The van der Waals surface area contributed by atoms with E-state index < -0.39 is 11.8 Å². The van der Waals surface area contributed by atoms with Gasteiger partial charge in [-0.3, -0.25) is 9.48 Å². The summed E-state index contributed by atoms with van der Waals surface area (Å²) >= 11 is 12.8. The van der Waals surface area contributed by atoms with Crippen LogP contribution in [0, 0.1) is 5.82 Å². The summed E-state index contributed by atoms with van der Waals surface area (Å²) in [5, 5.41) is 0.196. The van der Waals surface area contributed by atoms with Crippen molar-refractivity contribution < 1.29 is 23.4 Å². The number of benzene rings is 2. The summed E-state index contributed by atoms with van der Waals surface area (Å²) in [5.41, 5.74) is 0.352.